The number of methoxy groups -OCH3 is 1. The van der Waals surface area contributed by atoms with Crippen molar-refractivity contribution in [2.45, 2.75) is 60.3 Å². The molecule has 1 fully saturated rings. The Labute approximate surface area is 188 Å². The molecule has 1 heterocycles. The van der Waals surface area contributed by atoms with Crippen molar-refractivity contribution in [2.75, 3.05) is 43.6 Å². The van der Waals surface area contributed by atoms with Crippen molar-refractivity contribution in [3.63, 3.8) is 0 Å². The third kappa shape index (κ3) is 8.52. The third-order valence-corrected chi connectivity index (χ3v) is 5.74. The van der Waals surface area contributed by atoms with E-state index >= 15 is 0 Å². The van der Waals surface area contributed by atoms with Crippen LogP contribution >= 0.6 is 0 Å². The maximum atomic E-state index is 12.9. The van der Waals surface area contributed by atoms with E-state index in [1.54, 1.807) is 7.11 Å². The van der Waals surface area contributed by atoms with Gasteiger partial charge in [0.05, 0.1) is 12.2 Å². The monoisotopic (exact) mass is 431 g/mol. The maximum Gasteiger partial charge on any atom is 0.253 e. The van der Waals surface area contributed by atoms with Crippen molar-refractivity contribution in [3.05, 3.63) is 23.8 Å². The number of hydrogen-bond donors (Lipinski definition) is 2. The van der Waals surface area contributed by atoms with Gasteiger partial charge in [-0.3, -0.25) is 9.59 Å². The van der Waals surface area contributed by atoms with E-state index < -0.39 is 0 Å². The topological polar surface area (TPSA) is 70.7 Å². The average Bonchev–Trinajstić information content (AvgIpc) is 2.67. The molecule has 0 unspecified atom stereocenters. The number of piperidine rings is 1. The van der Waals surface area contributed by atoms with Crippen LogP contribution in [0.3, 0.4) is 0 Å². The van der Waals surface area contributed by atoms with Crippen LogP contribution in [0, 0.1) is 17.3 Å². The van der Waals surface area contributed by atoms with Crippen LogP contribution in [-0.2, 0) is 9.53 Å². The summed E-state index contributed by atoms with van der Waals surface area (Å²) in [6.45, 7) is 13.7. The van der Waals surface area contributed by atoms with E-state index in [-0.39, 0.29) is 17.2 Å². The van der Waals surface area contributed by atoms with Crippen molar-refractivity contribution in [2.24, 2.45) is 17.3 Å². The van der Waals surface area contributed by atoms with Gasteiger partial charge < -0.3 is 20.3 Å². The minimum absolute atomic E-state index is 0.0120. The predicted octanol–water partition coefficient (Wildman–Crippen LogP) is 4.70. The first-order chi connectivity index (χ1) is 14.6. The summed E-state index contributed by atoms with van der Waals surface area (Å²) < 4.78 is 5.05. The van der Waals surface area contributed by atoms with Crippen LogP contribution in [0.25, 0.3) is 0 Å². The Morgan fingerprint density at radius 3 is 2.52 bits per heavy atom. The van der Waals surface area contributed by atoms with Crippen LogP contribution < -0.4 is 15.5 Å². The molecule has 1 aliphatic rings. The molecule has 0 radical (unpaired) electrons. The largest absolute Gasteiger partial charge is 0.383 e. The van der Waals surface area contributed by atoms with E-state index in [4.69, 9.17) is 4.74 Å². The molecule has 2 amide bonds. The number of anilines is 2. The molecule has 1 aromatic carbocycles. The highest BCUT2D eigenvalue weighted by molar-refractivity contribution is 6.02. The molecule has 0 saturated carbocycles. The molecule has 1 aliphatic heterocycles. The quantitative estimate of drug-likeness (QED) is 0.556. The first-order valence-electron chi connectivity index (χ1n) is 11.5. The standard InChI is InChI=1S/C25H41N3O3/c1-18-9-12-28(13-10-18)22-8-7-20(16-21(22)24(30)26-11-14-31-6)27-23(29)15-19(2)17-25(3,4)5/h7-8,16,18-19H,9-15,17H2,1-6H3,(H,26,30)(H,27,29)/t19-/m1/s1. The molecule has 31 heavy (non-hydrogen) atoms. The van der Waals surface area contributed by atoms with E-state index in [2.05, 4.69) is 50.2 Å². The van der Waals surface area contributed by atoms with Gasteiger partial charge in [0.1, 0.15) is 0 Å². The molecular weight excluding hydrogens is 390 g/mol. The number of carbonyl (C=O) groups excluding carboxylic acids is 2. The van der Waals surface area contributed by atoms with Crippen LogP contribution in [0.4, 0.5) is 11.4 Å². The number of hydrogen-bond acceptors (Lipinski definition) is 4. The van der Waals surface area contributed by atoms with E-state index in [0.717, 1.165) is 38.0 Å². The second-order valence-electron chi connectivity index (χ2n) is 10.3. The number of nitrogens with zero attached hydrogens (tertiary/aromatic N) is 1. The second-order valence-corrected chi connectivity index (χ2v) is 10.3. The zero-order valence-corrected chi connectivity index (χ0v) is 20.2. The Morgan fingerprint density at radius 1 is 1.23 bits per heavy atom. The Morgan fingerprint density at radius 2 is 1.90 bits per heavy atom. The lowest BCUT2D eigenvalue weighted by atomic mass is 9.84. The van der Waals surface area contributed by atoms with Gasteiger partial charge in [-0.05, 0) is 54.7 Å². The molecule has 0 spiro atoms. The fourth-order valence-electron chi connectivity index (χ4n) is 4.33. The molecule has 1 saturated heterocycles. The molecule has 6 heteroatoms. The molecule has 2 N–H and O–H groups in total. The zero-order valence-electron chi connectivity index (χ0n) is 20.2. The summed E-state index contributed by atoms with van der Waals surface area (Å²) >= 11 is 0. The van der Waals surface area contributed by atoms with Gasteiger partial charge in [-0.1, -0.05) is 34.6 Å². The fourth-order valence-corrected chi connectivity index (χ4v) is 4.33. The molecule has 1 atom stereocenters. The van der Waals surface area contributed by atoms with Crippen molar-refractivity contribution < 1.29 is 14.3 Å². The van der Waals surface area contributed by atoms with Crippen molar-refractivity contribution >= 4 is 23.2 Å². The van der Waals surface area contributed by atoms with E-state index in [1.807, 2.05) is 18.2 Å². The van der Waals surface area contributed by atoms with E-state index in [9.17, 15) is 9.59 Å². The number of benzene rings is 1. The molecule has 174 valence electrons. The van der Waals surface area contributed by atoms with Crippen LogP contribution in [0.15, 0.2) is 18.2 Å². The summed E-state index contributed by atoms with van der Waals surface area (Å²) in [4.78, 5) is 27.8. The van der Waals surface area contributed by atoms with Gasteiger partial charge in [0.25, 0.3) is 5.91 Å². The zero-order chi connectivity index (χ0) is 23.0. The maximum absolute atomic E-state index is 12.9. The lowest BCUT2D eigenvalue weighted by Gasteiger charge is -2.33. The first kappa shape index (κ1) is 25.2. The van der Waals surface area contributed by atoms with Crippen LogP contribution in [-0.4, -0.2) is 45.2 Å². The third-order valence-electron chi connectivity index (χ3n) is 5.74. The molecule has 0 bridgehead atoms. The molecular formula is C25H41N3O3. The van der Waals surface area contributed by atoms with Crippen LogP contribution in [0.5, 0.6) is 0 Å². The summed E-state index contributed by atoms with van der Waals surface area (Å²) in [6, 6.07) is 5.68. The number of carbonyl (C=O) groups is 2. The summed E-state index contributed by atoms with van der Waals surface area (Å²) in [5.74, 6) is 0.861. The summed E-state index contributed by atoms with van der Waals surface area (Å²) in [7, 11) is 1.61. The minimum atomic E-state index is -0.136. The van der Waals surface area contributed by atoms with Gasteiger partial charge in [0.2, 0.25) is 5.91 Å². The first-order valence-corrected chi connectivity index (χ1v) is 11.5. The smallest absolute Gasteiger partial charge is 0.253 e. The number of ether oxygens (including phenoxy) is 1. The van der Waals surface area contributed by atoms with Gasteiger partial charge in [-0.25, -0.2) is 0 Å². The highest BCUT2D eigenvalue weighted by Gasteiger charge is 2.22. The summed E-state index contributed by atoms with van der Waals surface area (Å²) in [5.41, 5.74) is 2.40. The van der Waals surface area contributed by atoms with E-state index in [0.29, 0.717) is 42.7 Å². The average molecular weight is 432 g/mol. The van der Waals surface area contributed by atoms with Crippen molar-refractivity contribution in [3.8, 4) is 0 Å². The lowest BCUT2D eigenvalue weighted by Crippen LogP contribution is -2.35. The minimum Gasteiger partial charge on any atom is -0.383 e. The Balaban J connectivity index is 2.14. The molecule has 0 aromatic heterocycles. The number of amides is 2. The van der Waals surface area contributed by atoms with Gasteiger partial charge in [-0.15, -0.1) is 0 Å². The fraction of sp³-hybridized carbons (Fsp3) is 0.680. The van der Waals surface area contributed by atoms with Crippen molar-refractivity contribution in [1.29, 1.82) is 0 Å². The Hall–Kier alpha value is -2.08. The molecule has 0 aliphatic carbocycles. The second kappa shape index (κ2) is 11.5. The number of rotatable bonds is 9. The van der Waals surface area contributed by atoms with Gasteiger partial charge >= 0.3 is 0 Å². The predicted molar refractivity (Wildman–Crippen MR) is 128 cm³/mol. The summed E-state index contributed by atoms with van der Waals surface area (Å²) in [6.07, 6.45) is 3.70. The Bertz CT molecular complexity index is 734. The number of nitrogens with one attached hydrogen (secondary N) is 2. The van der Waals surface area contributed by atoms with Gasteiger partial charge in [0, 0.05) is 44.5 Å². The highest BCUT2D eigenvalue weighted by atomic mass is 16.5. The van der Waals surface area contributed by atoms with Crippen LogP contribution in [0.2, 0.25) is 0 Å². The van der Waals surface area contributed by atoms with Crippen molar-refractivity contribution in [1.82, 2.24) is 5.32 Å². The van der Waals surface area contributed by atoms with E-state index in [1.165, 1.54) is 0 Å². The van der Waals surface area contributed by atoms with Gasteiger partial charge in [-0.2, -0.15) is 0 Å². The summed E-state index contributed by atoms with van der Waals surface area (Å²) in [5, 5.41) is 5.92. The van der Waals surface area contributed by atoms with Crippen LogP contribution in [0.1, 0.15) is 70.7 Å². The Kier molecular flexibility index (Phi) is 9.35. The highest BCUT2D eigenvalue weighted by Crippen LogP contribution is 2.30. The normalized spacial score (nSPS) is 16.1. The molecule has 1 aromatic rings. The van der Waals surface area contributed by atoms with Gasteiger partial charge in [0.15, 0.2) is 0 Å². The lowest BCUT2D eigenvalue weighted by molar-refractivity contribution is -0.117. The SMILES string of the molecule is COCCNC(=O)c1cc(NC(=O)C[C@@H](C)CC(C)(C)C)ccc1N1CCC(C)CC1. The molecule has 6 nitrogen and oxygen atoms in total. The molecule has 2 rings (SSSR count).